The number of halogens is 1. The minimum atomic E-state index is -1.24. The fourth-order valence-electron chi connectivity index (χ4n) is 2.66. The lowest BCUT2D eigenvalue weighted by Gasteiger charge is -2.19. The van der Waals surface area contributed by atoms with Crippen LogP contribution in [-0.2, 0) is 4.74 Å². The van der Waals surface area contributed by atoms with Gasteiger partial charge in [-0.3, -0.25) is 4.57 Å². The first-order valence-corrected chi connectivity index (χ1v) is 8.63. The molecule has 3 rings (SSSR count). The predicted octanol–water partition coefficient (Wildman–Crippen LogP) is -0.554. The molecule has 0 radical (unpaired) electrons. The van der Waals surface area contributed by atoms with E-state index in [0.29, 0.717) is 27.5 Å². The smallest absolute Gasteiger partial charge is 0.207 e. The fourth-order valence-corrected chi connectivity index (χ4v) is 3.15. The third kappa shape index (κ3) is 2.90. The van der Waals surface area contributed by atoms with Gasteiger partial charge in [-0.05, 0) is 6.42 Å². The van der Waals surface area contributed by atoms with E-state index in [1.807, 2.05) is 29.5 Å². The Hall–Kier alpha value is -1.28. The molecular weight excluding hydrogens is 431 g/mol. The molecule has 0 aromatic carbocycles. The molecule has 0 aliphatic carbocycles. The van der Waals surface area contributed by atoms with Gasteiger partial charge in [0.15, 0.2) is 27.0 Å². The minimum absolute atomic E-state index is 0.217. The van der Waals surface area contributed by atoms with E-state index in [1.54, 1.807) is 4.57 Å². The molecule has 2 aromatic heterocycles. The quantitative estimate of drug-likeness (QED) is 0.298. The van der Waals surface area contributed by atoms with Gasteiger partial charge in [-0.15, -0.1) is 0 Å². The Kier molecular flexibility index (Phi) is 5.05. The molecule has 132 valence electrons. The Morgan fingerprint density at radius 1 is 1.29 bits per heavy atom. The van der Waals surface area contributed by atoms with Crippen LogP contribution in [0.15, 0.2) is 0 Å². The zero-order valence-electron chi connectivity index (χ0n) is 12.9. The van der Waals surface area contributed by atoms with Crippen molar-refractivity contribution in [1.82, 2.24) is 19.5 Å². The van der Waals surface area contributed by atoms with Gasteiger partial charge in [0.2, 0.25) is 5.95 Å². The SMILES string of the molecule is CCCNc1nc2c(N)nc(I)nc2n1[C@@H]1O[C@H](CO)[C@H](O)[C@H]1O. The Morgan fingerprint density at radius 2 is 2.04 bits per heavy atom. The van der Waals surface area contributed by atoms with E-state index in [0.717, 1.165) is 6.42 Å². The van der Waals surface area contributed by atoms with Gasteiger partial charge in [0.1, 0.15) is 18.3 Å². The number of aliphatic hydroxyl groups excluding tert-OH is 3. The number of nitrogen functional groups attached to an aromatic ring is 1. The van der Waals surface area contributed by atoms with Crippen LogP contribution in [0, 0.1) is 3.83 Å². The minimum Gasteiger partial charge on any atom is -0.394 e. The Morgan fingerprint density at radius 3 is 2.67 bits per heavy atom. The summed E-state index contributed by atoms with van der Waals surface area (Å²) >= 11 is 1.94. The molecule has 1 aliphatic rings. The number of imidazole rings is 1. The van der Waals surface area contributed by atoms with Crippen LogP contribution in [-0.4, -0.2) is 66.3 Å². The highest BCUT2D eigenvalue weighted by Gasteiger charge is 2.45. The maximum atomic E-state index is 10.3. The summed E-state index contributed by atoms with van der Waals surface area (Å²) in [4.78, 5) is 12.8. The highest BCUT2D eigenvalue weighted by Crippen LogP contribution is 2.35. The first kappa shape index (κ1) is 17.5. The molecule has 6 N–H and O–H groups in total. The van der Waals surface area contributed by atoms with Crippen molar-refractivity contribution in [2.75, 3.05) is 24.2 Å². The van der Waals surface area contributed by atoms with Gasteiger partial charge in [-0.1, -0.05) is 6.92 Å². The molecule has 1 fully saturated rings. The number of anilines is 2. The summed E-state index contributed by atoms with van der Waals surface area (Å²) in [5, 5.41) is 32.8. The molecule has 24 heavy (non-hydrogen) atoms. The molecule has 11 heteroatoms. The van der Waals surface area contributed by atoms with Gasteiger partial charge in [-0.25, -0.2) is 15.0 Å². The van der Waals surface area contributed by atoms with E-state index in [1.165, 1.54) is 0 Å². The van der Waals surface area contributed by atoms with E-state index in [-0.39, 0.29) is 5.82 Å². The number of nitrogens with two attached hydrogens (primary N) is 1. The second-order valence-corrected chi connectivity index (χ2v) is 6.48. The van der Waals surface area contributed by atoms with Crippen molar-refractivity contribution in [3.05, 3.63) is 3.83 Å². The third-order valence-electron chi connectivity index (χ3n) is 3.84. The van der Waals surface area contributed by atoms with Gasteiger partial charge in [0.05, 0.1) is 6.61 Å². The Balaban J connectivity index is 2.14. The van der Waals surface area contributed by atoms with Crippen molar-refractivity contribution < 1.29 is 20.1 Å². The van der Waals surface area contributed by atoms with Crippen LogP contribution in [0.3, 0.4) is 0 Å². The van der Waals surface area contributed by atoms with Crippen LogP contribution in [0.2, 0.25) is 0 Å². The van der Waals surface area contributed by atoms with E-state index in [4.69, 9.17) is 10.5 Å². The summed E-state index contributed by atoms with van der Waals surface area (Å²) in [5.41, 5.74) is 6.70. The molecule has 1 aliphatic heterocycles. The molecule has 0 saturated carbocycles. The summed E-state index contributed by atoms with van der Waals surface area (Å²) in [6.07, 6.45) is -3.44. The largest absolute Gasteiger partial charge is 0.394 e. The number of aromatic nitrogens is 4. The number of nitrogens with one attached hydrogen (secondary N) is 1. The lowest BCUT2D eigenvalue weighted by molar-refractivity contribution is -0.0501. The number of hydrogen-bond donors (Lipinski definition) is 5. The zero-order valence-corrected chi connectivity index (χ0v) is 15.1. The van der Waals surface area contributed by atoms with Gasteiger partial charge < -0.3 is 31.1 Å². The summed E-state index contributed by atoms with van der Waals surface area (Å²) in [7, 11) is 0. The van der Waals surface area contributed by atoms with Crippen LogP contribution in [0.25, 0.3) is 11.2 Å². The number of fused-ring (bicyclic) bond motifs is 1. The van der Waals surface area contributed by atoms with E-state index < -0.39 is 31.1 Å². The molecule has 10 nitrogen and oxygen atoms in total. The maximum Gasteiger partial charge on any atom is 0.207 e. The Bertz CT molecular complexity index is 741. The second-order valence-electron chi connectivity index (χ2n) is 5.51. The first-order valence-electron chi connectivity index (χ1n) is 7.55. The zero-order chi connectivity index (χ0) is 17.4. The highest BCUT2D eigenvalue weighted by atomic mass is 127. The van der Waals surface area contributed by atoms with E-state index >= 15 is 0 Å². The van der Waals surface area contributed by atoms with Crippen molar-refractivity contribution in [2.45, 2.75) is 37.9 Å². The fraction of sp³-hybridized carbons (Fsp3) is 0.615. The number of ether oxygens (including phenoxy) is 1. The summed E-state index contributed by atoms with van der Waals surface area (Å²) in [5.74, 6) is 0.624. The molecule has 3 heterocycles. The maximum absolute atomic E-state index is 10.3. The van der Waals surface area contributed by atoms with Gasteiger partial charge in [-0.2, -0.15) is 0 Å². The normalized spacial score (nSPS) is 27.0. The average molecular weight is 450 g/mol. The number of rotatable bonds is 5. The molecule has 0 unspecified atom stereocenters. The van der Waals surface area contributed by atoms with Crippen LogP contribution < -0.4 is 11.1 Å². The molecule has 4 atom stereocenters. The van der Waals surface area contributed by atoms with Crippen LogP contribution >= 0.6 is 22.6 Å². The molecule has 2 aromatic rings. The molecule has 1 saturated heterocycles. The second kappa shape index (κ2) is 6.92. The van der Waals surface area contributed by atoms with Gasteiger partial charge in [0, 0.05) is 29.1 Å². The predicted molar refractivity (Wildman–Crippen MR) is 94.2 cm³/mol. The van der Waals surface area contributed by atoms with Crippen LogP contribution in [0.1, 0.15) is 19.6 Å². The first-order chi connectivity index (χ1) is 11.5. The van der Waals surface area contributed by atoms with Gasteiger partial charge >= 0.3 is 0 Å². The lowest BCUT2D eigenvalue weighted by Crippen LogP contribution is -2.33. The molecule has 0 spiro atoms. The standard InChI is InChI=1S/C13H19IN6O4/c1-2-3-16-13-17-6-9(15)18-12(14)19-10(6)20(13)11-8(23)7(22)5(4-21)24-11/h5,7-8,11,21-23H,2-4H2,1H3,(H,16,17)(H2,15,18,19)/t5-,7+,8-,11-/m1/s1. The summed E-state index contributed by atoms with van der Waals surface area (Å²) in [6, 6.07) is 0. The third-order valence-corrected chi connectivity index (χ3v) is 4.33. The van der Waals surface area contributed by atoms with Crippen molar-refractivity contribution in [1.29, 1.82) is 0 Å². The van der Waals surface area contributed by atoms with Crippen LogP contribution in [0.4, 0.5) is 11.8 Å². The number of hydrogen-bond acceptors (Lipinski definition) is 9. The van der Waals surface area contributed by atoms with E-state index in [9.17, 15) is 15.3 Å². The summed E-state index contributed by atoms with van der Waals surface area (Å²) < 4.78 is 7.59. The van der Waals surface area contributed by atoms with Crippen molar-refractivity contribution in [3.8, 4) is 0 Å². The van der Waals surface area contributed by atoms with Gasteiger partial charge in [0.25, 0.3) is 0 Å². The topological polar surface area (TPSA) is 152 Å². The number of aliphatic hydroxyl groups is 3. The van der Waals surface area contributed by atoms with Crippen molar-refractivity contribution in [3.63, 3.8) is 0 Å². The van der Waals surface area contributed by atoms with Crippen molar-refractivity contribution >= 4 is 45.5 Å². The number of nitrogens with zero attached hydrogens (tertiary/aromatic N) is 4. The van der Waals surface area contributed by atoms with Crippen molar-refractivity contribution in [2.24, 2.45) is 0 Å². The average Bonchev–Trinajstić information content (AvgIpc) is 3.04. The molecule has 0 bridgehead atoms. The highest BCUT2D eigenvalue weighted by molar-refractivity contribution is 14.1. The monoisotopic (exact) mass is 450 g/mol. The molecular formula is C13H19IN6O4. The summed E-state index contributed by atoms with van der Waals surface area (Å²) in [6.45, 7) is 2.24. The van der Waals surface area contributed by atoms with E-state index in [2.05, 4.69) is 20.3 Å². The Labute approximate surface area is 151 Å². The molecule has 0 amide bonds. The lowest BCUT2D eigenvalue weighted by atomic mass is 10.1. The van der Waals surface area contributed by atoms with Crippen LogP contribution in [0.5, 0.6) is 0 Å².